The highest BCUT2D eigenvalue weighted by atomic mass is 15.2. The van der Waals surface area contributed by atoms with E-state index in [2.05, 4.69) is 60.3 Å². The van der Waals surface area contributed by atoms with Crippen LogP contribution in [0.2, 0.25) is 0 Å². The Balaban J connectivity index is 1.91. The van der Waals surface area contributed by atoms with Gasteiger partial charge in [-0.3, -0.25) is 0 Å². The minimum atomic E-state index is 0.754. The van der Waals surface area contributed by atoms with E-state index >= 15 is 0 Å². The highest BCUT2D eigenvalue weighted by Gasteiger charge is 2.20. The van der Waals surface area contributed by atoms with Gasteiger partial charge in [-0.1, -0.05) is 0 Å². The van der Waals surface area contributed by atoms with Gasteiger partial charge in [-0.05, 0) is 64.5 Å². The minimum absolute atomic E-state index is 0.754. The van der Waals surface area contributed by atoms with Crippen LogP contribution in [0.1, 0.15) is 30.5 Å². The molecule has 4 heteroatoms. The summed E-state index contributed by atoms with van der Waals surface area (Å²) in [5.41, 5.74) is 2.45. The summed E-state index contributed by atoms with van der Waals surface area (Å²) >= 11 is 0. The Hall–Kier alpha value is -1.13. The van der Waals surface area contributed by atoms with Gasteiger partial charge in [0.15, 0.2) is 0 Å². The first-order chi connectivity index (χ1) is 9.54. The number of nitrogens with zero attached hydrogens (tertiary/aromatic N) is 3. The molecule has 0 atom stereocenters. The summed E-state index contributed by atoms with van der Waals surface area (Å²) in [5, 5.41) is 3.57. The normalized spacial score (nSPS) is 14.8. The first-order valence-electron chi connectivity index (χ1n) is 7.61. The fourth-order valence-electron chi connectivity index (χ4n) is 2.31. The van der Waals surface area contributed by atoms with Crippen LogP contribution in [0.3, 0.4) is 0 Å². The molecule has 20 heavy (non-hydrogen) atoms. The number of hydrogen-bond donors (Lipinski definition) is 1. The van der Waals surface area contributed by atoms with E-state index in [1.165, 1.54) is 18.4 Å². The van der Waals surface area contributed by atoms with Gasteiger partial charge >= 0.3 is 0 Å². The predicted molar refractivity (Wildman–Crippen MR) is 85.3 cm³/mol. The highest BCUT2D eigenvalue weighted by Crippen LogP contribution is 2.20. The van der Waals surface area contributed by atoms with Gasteiger partial charge in [0.1, 0.15) is 5.82 Å². The van der Waals surface area contributed by atoms with Crippen LogP contribution >= 0.6 is 0 Å². The molecule has 0 unspecified atom stereocenters. The quantitative estimate of drug-likeness (QED) is 0.787. The van der Waals surface area contributed by atoms with E-state index in [1.807, 2.05) is 0 Å². The largest absolute Gasteiger partial charge is 0.360 e. The summed E-state index contributed by atoms with van der Waals surface area (Å²) < 4.78 is 0. The SMILES string of the molecule is Cc1cc(CNC2CC2)cc(N(C)CCCN(C)C)n1. The number of aromatic nitrogens is 1. The Morgan fingerprint density at radius 3 is 2.60 bits per heavy atom. The van der Waals surface area contributed by atoms with E-state index in [1.54, 1.807) is 0 Å². The van der Waals surface area contributed by atoms with E-state index in [-0.39, 0.29) is 0 Å². The Morgan fingerprint density at radius 1 is 1.20 bits per heavy atom. The Labute approximate surface area is 123 Å². The monoisotopic (exact) mass is 276 g/mol. The van der Waals surface area contributed by atoms with Crippen molar-refractivity contribution >= 4 is 5.82 Å². The smallest absolute Gasteiger partial charge is 0.128 e. The maximum Gasteiger partial charge on any atom is 0.128 e. The summed E-state index contributed by atoms with van der Waals surface area (Å²) in [6, 6.07) is 5.16. The predicted octanol–water partition coefficient (Wildman–Crippen LogP) is 2.03. The van der Waals surface area contributed by atoms with Gasteiger partial charge in [-0.15, -0.1) is 0 Å². The Bertz CT molecular complexity index is 426. The number of pyridine rings is 1. The molecule has 1 aliphatic rings. The van der Waals surface area contributed by atoms with Gasteiger partial charge in [-0.2, -0.15) is 0 Å². The number of anilines is 1. The molecule has 1 aromatic rings. The van der Waals surface area contributed by atoms with Crippen molar-refractivity contribution in [2.24, 2.45) is 0 Å². The van der Waals surface area contributed by atoms with E-state index < -0.39 is 0 Å². The van der Waals surface area contributed by atoms with E-state index in [4.69, 9.17) is 0 Å². The third kappa shape index (κ3) is 5.10. The van der Waals surface area contributed by atoms with Crippen LogP contribution < -0.4 is 10.2 Å². The van der Waals surface area contributed by atoms with Crippen molar-refractivity contribution in [2.75, 3.05) is 39.1 Å². The molecule has 1 fully saturated rings. The van der Waals surface area contributed by atoms with Crippen molar-refractivity contribution in [1.82, 2.24) is 15.2 Å². The fraction of sp³-hybridized carbons (Fsp3) is 0.688. The second kappa shape index (κ2) is 7.04. The van der Waals surface area contributed by atoms with Crippen LogP contribution in [0.5, 0.6) is 0 Å². The lowest BCUT2D eigenvalue weighted by atomic mass is 10.2. The fourth-order valence-corrected chi connectivity index (χ4v) is 2.31. The summed E-state index contributed by atoms with van der Waals surface area (Å²) in [6.45, 7) is 5.21. The van der Waals surface area contributed by atoms with Gasteiger partial charge in [0, 0.05) is 31.9 Å². The van der Waals surface area contributed by atoms with Gasteiger partial charge in [0.25, 0.3) is 0 Å². The van der Waals surface area contributed by atoms with Crippen molar-refractivity contribution in [1.29, 1.82) is 0 Å². The molecule has 2 rings (SSSR count). The second-order valence-electron chi connectivity index (χ2n) is 6.21. The Morgan fingerprint density at radius 2 is 1.95 bits per heavy atom. The number of nitrogens with one attached hydrogen (secondary N) is 1. The van der Waals surface area contributed by atoms with Gasteiger partial charge in [-0.25, -0.2) is 4.98 Å². The van der Waals surface area contributed by atoms with Crippen molar-refractivity contribution in [3.05, 3.63) is 23.4 Å². The molecule has 0 spiro atoms. The standard InChI is InChI=1S/C16H28N4/c1-13-10-14(12-17-15-6-7-15)11-16(18-13)20(4)9-5-8-19(2)3/h10-11,15,17H,5-9,12H2,1-4H3. The highest BCUT2D eigenvalue weighted by molar-refractivity contribution is 5.41. The van der Waals surface area contributed by atoms with Gasteiger partial charge < -0.3 is 15.1 Å². The molecular weight excluding hydrogens is 248 g/mol. The zero-order chi connectivity index (χ0) is 14.5. The van der Waals surface area contributed by atoms with E-state index in [0.717, 1.165) is 43.6 Å². The molecular formula is C16H28N4. The van der Waals surface area contributed by atoms with Crippen LogP contribution in [0.4, 0.5) is 5.82 Å². The summed E-state index contributed by atoms with van der Waals surface area (Å²) in [7, 11) is 6.37. The van der Waals surface area contributed by atoms with Crippen LogP contribution in [-0.4, -0.2) is 50.2 Å². The molecule has 0 bridgehead atoms. The van der Waals surface area contributed by atoms with Gasteiger partial charge in [0.2, 0.25) is 0 Å². The first kappa shape index (κ1) is 15.3. The summed E-state index contributed by atoms with van der Waals surface area (Å²) in [6.07, 6.45) is 3.83. The molecule has 0 aromatic carbocycles. The zero-order valence-electron chi connectivity index (χ0n) is 13.3. The molecule has 1 heterocycles. The molecule has 0 amide bonds. The average molecular weight is 276 g/mol. The maximum absolute atomic E-state index is 4.66. The molecule has 112 valence electrons. The molecule has 0 radical (unpaired) electrons. The first-order valence-corrected chi connectivity index (χ1v) is 7.61. The van der Waals surface area contributed by atoms with Crippen LogP contribution in [0.25, 0.3) is 0 Å². The zero-order valence-corrected chi connectivity index (χ0v) is 13.3. The van der Waals surface area contributed by atoms with Crippen molar-refractivity contribution in [2.45, 2.75) is 38.8 Å². The third-order valence-electron chi connectivity index (χ3n) is 3.66. The molecule has 1 aromatic heterocycles. The molecule has 1 aliphatic carbocycles. The lowest BCUT2D eigenvalue weighted by molar-refractivity contribution is 0.401. The topological polar surface area (TPSA) is 31.4 Å². The molecule has 0 aliphatic heterocycles. The number of aryl methyl sites for hydroxylation is 1. The van der Waals surface area contributed by atoms with Crippen molar-refractivity contribution < 1.29 is 0 Å². The van der Waals surface area contributed by atoms with Gasteiger partial charge in [0.05, 0.1) is 0 Å². The maximum atomic E-state index is 4.66. The van der Waals surface area contributed by atoms with Crippen molar-refractivity contribution in [3.8, 4) is 0 Å². The third-order valence-corrected chi connectivity index (χ3v) is 3.66. The molecule has 1 N–H and O–H groups in total. The number of hydrogen-bond acceptors (Lipinski definition) is 4. The summed E-state index contributed by atoms with van der Waals surface area (Å²) in [5.74, 6) is 1.09. The molecule has 0 saturated heterocycles. The Kier molecular flexibility index (Phi) is 5.38. The van der Waals surface area contributed by atoms with E-state index in [0.29, 0.717) is 0 Å². The van der Waals surface area contributed by atoms with Crippen LogP contribution in [0.15, 0.2) is 12.1 Å². The lowest BCUT2D eigenvalue weighted by Crippen LogP contribution is -2.24. The van der Waals surface area contributed by atoms with Crippen LogP contribution in [0, 0.1) is 6.92 Å². The van der Waals surface area contributed by atoms with Crippen LogP contribution in [-0.2, 0) is 6.54 Å². The minimum Gasteiger partial charge on any atom is -0.360 e. The second-order valence-corrected chi connectivity index (χ2v) is 6.21. The van der Waals surface area contributed by atoms with E-state index in [9.17, 15) is 0 Å². The average Bonchev–Trinajstić information content (AvgIpc) is 3.19. The summed E-state index contributed by atoms with van der Waals surface area (Å²) in [4.78, 5) is 9.14. The molecule has 1 saturated carbocycles. The van der Waals surface area contributed by atoms with Crippen molar-refractivity contribution in [3.63, 3.8) is 0 Å². The molecule has 4 nitrogen and oxygen atoms in total. The number of rotatable bonds is 8. The lowest BCUT2D eigenvalue weighted by Gasteiger charge is -2.20.